The molecule has 0 radical (unpaired) electrons. The van der Waals surface area contributed by atoms with Crippen LogP contribution in [0.4, 0.5) is 0 Å². The maximum atomic E-state index is 8.90. The van der Waals surface area contributed by atoms with Gasteiger partial charge in [-0.05, 0) is 102 Å². The van der Waals surface area contributed by atoms with E-state index in [-0.39, 0.29) is 25.3 Å². The third-order valence-corrected chi connectivity index (χ3v) is 9.01. The average Bonchev–Trinajstić information content (AvgIpc) is 2.89. The maximum Gasteiger partial charge on any atom is 0.0584 e. The molecule has 0 aromatic rings. The van der Waals surface area contributed by atoms with E-state index in [0.29, 0.717) is 0 Å². The van der Waals surface area contributed by atoms with E-state index in [1.165, 1.54) is 49.7 Å². The molecule has 4 rings (SSSR count). The van der Waals surface area contributed by atoms with E-state index in [1.54, 1.807) is 6.42 Å². The van der Waals surface area contributed by atoms with Gasteiger partial charge >= 0.3 is 0 Å². The summed E-state index contributed by atoms with van der Waals surface area (Å²) in [6.45, 7) is 16.0. The van der Waals surface area contributed by atoms with Gasteiger partial charge in [0.15, 0.2) is 0 Å². The van der Waals surface area contributed by atoms with Crippen molar-refractivity contribution in [2.45, 2.75) is 111 Å². The summed E-state index contributed by atoms with van der Waals surface area (Å²) in [4.78, 5) is 0. The van der Waals surface area contributed by atoms with Gasteiger partial charge in [0.25, 0.3) is 0 Å². The van der Waals surface area contributed by atoms with Gasteiger partial charge in [0.1, 0.15) is 0 Å². The minimum Gasteiger partial charge on any atom is -0.395 e. The Morgan fingerprint density at radius 3 is 1.79 bits per heavy atom. The zero-order valence-corrected chi connectivity index (χ0v) is 25.4. The van der Waals surface area contributed by atoms with Crippen LogP contribution in [0.5, 0.6) is 0 Å². The fraction of sp³-hybridized carbons (Fsp3) is 0.875. The second kappa shape index (κ2) is 19.3. The Balaban J connectivity index is 0.000000312. The SMILES string of the molecule is CC(C)=CCC/C(C)=C/CNCCNC1C2CC3CC(C2)CC1C3.CC[C@@H](CO)NCCN[C@@H](CC)CO. The maximum absolute atomic E-state index is 8.90. The molecule has 222 valence electrons. The van der Waals surface area contributed by atoms with Crippen LogP contribution in [-0.2, 0) is 0 Å². The van der Waals surface area contributed by atoms with Crippen LogP contribution in [0.1, 0.15) is 92.4 Å². The van der Waals surface area contributed by atoms with Gasteiger partial charge in [0.2, 0.25) is 0 Å². The molecule has 6 nitrogen and oxygen atoms in total. The lowest BCUT2D eigenvalue weighted by molar-refractivity contribution is -0.0133. The second-order valence-corrected chi connectivity index (χ2v) is 12.5. The minimum absolute atomic E-state index is 0.188. The van der Waals surface area contributed by atoms with E-state index in [4.69, 9.17) is 10.2 Å². The van der Waals surface area contributed by atoms with Crippen LogP contribution in [0.2, 0.25) is 0 Å². The number of aliphatic hydroxyl groups is 2. The smallest absolute Gasteiger partial charge is 0.0584 e. The van der Waals surface area contributed by atoms with Gasteiger partial charge in [-0.25, -0.2) is 0 Å². The molecule has 4 bridgehead atoms. The van der Waals surface area contributed by atoms with Crippen molar-refractivity contribution in [3.05, 3.63) is 23.3 Å². The number of allylic oxidation sites excluding steroid dienone is 3. The lowest BCUT2D eigenvalue weighted by atomic mass is 9.54. The summed E-state index contributed by atoms with van der Waals surface area (Å²) in [6, 6.07) is 1.23. The van der Waals surface area contributed by atoms with Crippen molar-refractivity contribution in [1.82, 2.24) is 21.3 Å². The zero-order valence-electron chi connectivity index (χ0n) is 25.4. The number of hydrogen-bond donors (Lipinski definition) is 6. The first-order valence-corrected chi connectivity index (χ1v) is 15.8. The lowest BCUT2D eigenvalue weighted by Gasteiger charge is -2.54. The Labute approximate surface area is 234 Å². The molecule has 0 unspecified atom stereocenters. The summed E-state index contributed by atoms with van der Waals surface area (Å²) in [6.07, 6.45) is 16.6. The van der Waals surface area contributed by atoms with Crippen LogP contribution in [0.15, 0.2) is 23.3 Å². The van der Waals surface area contributed by atoms with Gasteiger partial charge in [-0.3, -0.25) is 0 Å². The topological polar surface area (TPSA) is 88.6 Å². The molecule has 0 aliphatic heterocycles. The van der Waals surface area contributed by atoms with Gasteiger partial charge < -0.3 is 31.5 Å². The summed E-state index contributed by atoms with van der Waals surface area (Å²) in [5, 5.41) is 31.8. The van der Waals surface area contributed by atoms with Crippen molar-refractivity contribution in [2.24, 2.45) is 23.7 Å². The highest BCUT2D eigenvalue weighted by atomic mass is 16.3. The highest BCUT2D eigenvalue weighted by Crippen LogP contribution is 2.53. The molecule has 0 amide bonds. The Morgan fingerprint density at radius 1 is 0.763 bits per heavy atom. The molecule has 6 heteroatoms. The van der Waals surface area contributed by atoms with Crippen molar-refractivity contribution < 1.29 is 10.2 Å². The summed E-state index contributed by atoms with van der Waals surface area (Å²) < 4.78 is 0. The average molecular weight is 535 g/mol. The van der Waals surface area contributed by atoms with Crippen LogP contribution in [0.3, 0.4) is 0 Å². The first-order chi connectivity index (χ1) is 18.4. The Bertz CT molecular complexity index is 626. The molecule has 4 aliphatic rings. The largest absolute Gasteiger partial charge is 0.395 e. The van der Waals surface area contributed by atoms with E-state index >= 15 is 0 Å². The van der Waals surface area contributed by atoms with Gasteiger partial charge in [-0.1, -0.05) is 37.1 Å². The van der Waals surface area contributed by atoms with Crippen molar-refractivity contribution >= 4 is 0 Å². The Kier molecular flexibility index (Phi) is 17.0. The second-order valence-electron chi connectivity index (χ2n) is 12.5. The van der Waals surface area contributed by atoms with E-state index in [2.05, 4.69) is 54.2 Å². The van der Waals surface area contributed by atoms with E-state index < -0.39 is 0 Å². The minimum atomic E-state index is 0.188. The van der Waals surface area contributed by atoms with Crippen LogP contribution in [-0.4, -0.2) is 74.3 Å². The molecule has 38 heavy (non-hydrogen) atoms. The van der Waals surface area contributed by atoms with Crippen LogP contribution in [0.25, 0.3) is 0 Å². The predicted octanol–water partition coefficient (Wildman–Crippen LogP) is 4.39. The van der Waals surface area contributed by atoms with Crippen LogP contribution < -0.4 is 21.3 Å². The molecule has 4 saturated carbocycles. The number of aliphatic hydroxyl groups excluding tert-OH is 2. The molecule has 0 heterocycles. The number of rotatable bonds is 18. The molecule has 6 N–H and O–H groups in total. The fourth-order valence-corrected chi connectivity index (χ4v) is 6.85. The zero-order chi connectivity index (χ0) is 27.8. The highest BCUT2D eigenvalue weighted by Gasteiger charge is 2.47. The molecule has 0 aromatic heterocycles. The molecular formula is C32H62N4O2. The summed E-state index contributed by atoms with van der Waals surface area (Å²) >= 11 is 0. The highest BCUT2D eigenvalue weighted by molar-refractivity contribution is 5.03. The predicted molar refractivity (Wildman–Crippen MR) is 162 cm³/mol. The molecule has 0 saturated heterocycles. The van der Waals surface area contributed by atoms with Crippen molar-refractivity contribution in [2.75, 3.05) is 45.9 Å². The van der Waals surface area contributed by atoms with Crippen molar-refractivity contribution in [1.29, 1.82) is 0 Å². The van der Waals surface area contributed by atoms with Gasteiger partial charge in [-0.15, -0.1) is 0 Å². The normalized spacial score (nSPS) is 27.6. The Morgan fingerprint density at radius 2 is 1.32 bits per heavy atom. The summed E-state index contributed by atoms with van der Waals surface area (Å²) in [7, 11) is 0. The molecule has 0 spiro atoms. The van der Waals surface area contributed by atoms with Crippen LogP contribution >= 0.6 is 0 Å². The Hall–Kier alpha value is -0.760. The summed E-state index contributed by atoms with van der Waals surface area (Å²) in [5.41, 5.74) is 2.94. The third-order valence-electron chi connectivity index (χ3n) is 9.01. The van der Waals surface area contributed by atoms with Crippen molar-refractivity contribution in [3.63, 3.8) is 0 Å². The monoisotopic (exact) mass is 534 g/mol. The van der Waals surface area contributed by atoms with Gasteiger partial charge in [0, 0.05) is 50.8 Å². The molecular weight excluding hydrogens is 472 g/mol. The first kappa shape index (κ1) is 33.4. The van der Waals surface area contributed by atoms with Gasteiger partial charge in [-0.2, -0.15) is 0 Å². The van der Waals surface area contributed by atoms with E-state index in [1.807, 2.05) is 13.8 Å². The molecule has 0 aromatic carbocycles. The lowest BCUT2D eigenvalue weighted by Crippen LogP contribution is -2.55. The standard InChI is InChI=1S/C22H38N2.C10H24N2O2/c1-16(2)5-4-6-17(3)7-8-23-9-10-24-22-20-12-18-11-19(14-20)15-21(22)13-18;1-3-9(7-13)11-5-6-12-10(4-2)8-14/h5,7,18-24H,4,6,8-15H2,1-3H3;9-14H,3-8H2,1-2H3/b17-7+;/t;9-,10-/m.0/s1. The fourth-order valence-electron chi connectivity index (χ4n) is 6.85. The number of nitrogens with one attached hydrogen (secondary N) is 4. The molecule has 4 aliphatic carbocycles. The molecule has 4 fully saturated rings. The van der Waals surface area contributed by atoms with E-state index in [9.17, 15) is 0 Å². The summed E-state index contributed by atoms with van der Waals surface area (Å²) in [5.74, 6) is 4.17. The van der Waals surface area contributed by atoms with E-state index in [0.717, 1.165) is 75.3 Å². The van der Waals surface area contributed by atoms with Crippen molar-refractivity contribution in [3.8, 4) is 0 Å². The van der Waals surface area contributed by atoms with Crippen LogP contribution in [0, 0.1) is 23.7 Å². The third kappa shape index (κ3) is 12.6. The number of hydrogen-bond acceptors (Lipinski definition) is 6. The first-order valence-electron chi connectivity index (χ1n) is 15.8. The quantitative estimate of drug-likeness (QED) is 0.116. The molecule has 2 atom stereocenters. The van der Waals surface area contributed by atoms with Gasteiger partial charge in [0.05, 0.1) is 13.2 Å².